The molecule has 1 unspecified atom stereocenters. The number of halogens is 2. The van der Waals surface area contributed by atoms with E-state index in [0.717, 1.165) is 13.0 Å². The van der Waals surface area contributed by atoms with Gasteiger partial charge in [0.05, 0.1) is 4.90 Å². The first kappa shape index (κ1) is 15.1. The van der Waals surface area contributed by atoms with Crippen molar-refractivity contribution in [3.05, 3.63) is 28.2 Å². The zero-order valence-corrected chi connectivity index (χ0v) is 12.9. The van der Waals surface area contributed by atoms with Gasteiger partial charge in [-0.05, 0) is 44.1 Å². The number of hydrogen-bond donors (Lipinski definition) is 1. The average Bonchev–Trinajstić information content (AvgIpc) is 2.77. The van der Waals surface area contributed by atoms with E-state index in [1.165, 1.54) is 22.5 Å². The van der Waals surface area contributed by atoms with Gasteiger partial charge in [0.2, 0.25) is 10.0 Å². The Morgan fingerprint density at radius 1 is 1.32 bits per heavy atom. The van der Waals surface area contributed by atoms with Crippen LogP contribution in [0.2, 0.25) is 10.0 Å². The molecule has 0 aliphatic carbocycles. The standard InChI is InChI=1S/C12H16Cl2N2O2S/c1-15-7-9-2-3-16(8-9)19(17,18)12-5-10(13)4-11(14)6-12/h4-6,9,15H,2-3,7-8H2,1H3. The van der Waals surface area contributed by atoms with Crippen LogP contribution in [0.25, 0.3) is 0 Å². The molecule has 0 radical (unpaired) electrons. The molecule has 0 amide bonds. The Kier molecular flexibility index (Phi) is 4.74. The van der Waals surface area contributed by atoms with E-state index in [1.54, 1.807) is 0 Å². The van der Waals surface area contributed by atoms with Gasteiger partial charge >= 0.3 is 0 Å². The minimum Gasteiger partial charge on any atom is -0.319 e. The van der Waals surface area contributed by atoms with Crippen molar-refractivity contribution in [3.63, 3.8) is 0 Å². The molecule has 0 spiro atoms. The maximum Gasteiger partial charge on any atom is 0.243 e. The summed E-state index contributed by atoms with van der Waals surface area (Å²) < 4.78 is 26.5. The molecule has 1 saturated heterocycles. The monoisotopic (exact) mass is 322 g/mol. The fourth-order valence-corrected chi connectivity index (χ4v) is 4.56. The largest absolute Gasteiger partial charge is 0.319 e. The highest BCUT2D eigenvalue weighted by atomic mass is 35.5. The van der Waals surface area contributed by atoms with E-state index in [2.05, 4.69) is 5.32 Å². The van der Waals surface area contributed by atoms with E-state index < -0.39 is 10.0 Å². The van der Waals surface area contributed by atoms with Crippen molar-refractivity contribution in [1.29, 1.82) is 0 Å². The summed E-state index contributed by atoms with van der Waals surface area (Å²) in [5.41, 5.74) is 0. The summed E-state index contributed by atoms with van der Waals surface area (Å²) in [5, 5.41) is 3.74. The number of nitrogens with zero attached hydrogens (tertiary/aromatic N) is 1. The molecular formula is C12H16Cl2N2O2S. The number of benzene rings is 1. The van der Waals surface area contributed by atoms with Gasteiger partial charge in [0.25, 0.3) is 0 Å². The Morgan fingerprint density at radius 2 is 1.95 bits per heavy atom. The molecule has 0 aromatic heterocycles. The summed E-state index contributed by atoms with van der Waals surface area (Å²) in [6.45, 7) is 1.90. The smallest absolute Gasteiger partial charge is 0.243 e. The Morgan fingerprint density at radius 3 is 2.53 bits per heavy atom. The van der Waals surface area contributed by atoms with Gasteiger partial charge in [0.1, 0.15) is 0 Å². The molecule has 0 saturated carbocycles. The second-order valence-electron chi connectivity index (χ2n) is 4.68. The zero-order chi connectivity index (χ0) is 14.0. The van der Waals surface area contributed by atoms with Crippen LogP contribution in [0.15, 0.2) is 23.1 Å². The lowest BCUT2D eigenvalue weighted by Crippen LogP contribution is -2.30. The highest BCUT2D eigenvalue weighted by Gasteiger charge is 2.32. The fraction of sp³-hybridized carbons (Fsp3) is 0.500. The first-order chi connectivity index (χ1) is 8.93. The highest BCUT2D eigenvalue weighted by molar-refractivity contribution is 7.89. The molecule has 1 N–H and O–H groups in total. The first-order valence-corrected chi connectivity index (χ1v) is 8.24. The molecular weight excluding hydrogens is 307 g/mol. The normalized spacial score (nSPS) is 20.9. The lowest BCUT2D eigenvalue weighted by atomic mass is 10.1. The maximum atomic E-state index is 12.5. The van der Waals surface area contributed by atoms with Crippen molar-refractivity contribution >= 4 is 33.2 Å². The van der Waals surface area contributed by atoms with E-state index >= 15 is 0 Å². The van der Waals surface area contributed by atoms with Crippen LogP contribution in [-0.2, 0) is 10.0 Å². The van der Waals surface area contributed by atoms with Gasteiger partial charge in [-0.25, -0.2) is 8.42 Å². The Hall–Kier alpha value is -0.330. The maximum absolute atomic E-state index is 12.5. The average molecular weight is 323 g/mol. The van der Waals surface area contributed by atoms with Crippen molar-refractivity contribution in [2.75, 3.05) is 26.7 Å². The van der Waals surface area contributed by atoms with Crippen LogP contribution >= 0.6 is 23.2 Å². The molecule has 19 heavy (non-hydrogen) atoms. The number of rotatable bonds is 4. The van der Waals surface area contributed by atoms with Crippen LogP contribution in [0.5, 0.6) is 0 Å². The second-order valence-corrected chi connectivity index (χ2v) is 7.49. The molecule has 4 nitrogen and oxygen atoms in total. The Balaban J connectivity index is 2.23. The summed E-state index contributed by atoms with van der Waals surface area (Å²) >= 11 is 11.7. The van der Waals surface area contributed by atoms with Crippen LogP contribution in [0.3, 0.4) is 0 Å². The molecule has 7 heteroatoms. The zero-order valence-electron chi connectivity index (χ0n) is 10.6. The van der Waals surface area contributed by atoms with E-state index in [1.807, 2.05) is 7.05 Å². The fourth-order valence-electron chi connectivity index (χ4n) is 2.30. The summed E-state index contributed by atoms with van der Waals surface area (Å²) in [6, 6.07) is 4.40. The van der Waals surface area contributed by atoms with Crippen LogP contribution < -0.4 is 5.32 Å². The van der Waals surface area contributed by atoms with Gasteiger partial charge in [0.15, 0.2) is 0 Å². The molecule has 1 fully saturated rings. The molecule has 0 bridgehead atoms. The van der Waals surface area contributed by atoms with E-state index in [4.69, 9.17) is 23.2 Å². The predicted octanol–water partition coefficient (Wildman–Crippen LogP) is 2.22. The van der Waals surface area contributed by atoms with Gasteiger partial charge in [-0.3, -0.25) is 0 Å². The quantitative estimate of drug-likeness (QED) is 0.924. The molecule has 1 aliphatic heterocycles. The van der Waals surface area contributed by atoms with E-state index in [9.17, 15) is 8.42 Å². The van der Waals surface area contributed by atoms with Gasteiger partial charge in [0, 0.05) is 23.1 Å². The van der Waals surface area contributed by atoms with Gasteiger partial charge in [-0.15, -0.1) is 0 Å². The first-order valence-electron chi connectivity index (χ1n) is 6.04. The summed E-state index contributed by atoms with van der Waals surface area (Å²) in [7, 11) is -1.63. The number of nitrogens with one attached hydrogen (secondary N) is 1. The topological polar surface area (TPSA) is 49.4 Å². The summed E-state index contributed by atoms with van der Waals surface area (Å²) in [4.78, 5) is 0.162. The van der Waals surface area contributed by atoms with Crippen LogP contribution in [0.4, 0.5) is 0 Å². The van der Waals surface area contributed by atoms with Crippen molar-refractivity contribution < 1.29 is 8.42 Å². The molecule has 1 heterocycles. The summed E-state index contributed by atoms with van der Waals surface area (Å²) in [5.74, 6) is 0.356. The number of hydrogen-bond acceptors (Lipinski definition) is 3. The SMILES string of the molecule is CNCC1CCN(S(=O)(=O)c2cc(Cl)cc(Cl)c2)C1. The summed E-state index contributed by atoms with van der Waals surface area (Å²) in [6.07, 6.45) is 0.869. The van der Waals surface area contributed by atoms with Crippen molar-refractivity contribution in [2.24, 2.45) is 5.92 Å². The van der Waals surface area contributed by atoms with Crippen molar-refractivity contribution in [3.8, 4) is 0 Å². The van der Waals surface area contributed by atoms with Gasteiger partial charge in [-0.2, -0.15) is 4.31 Å². The minimum absolute atomic E-state index is 0.162. The highest BCUT2D eigenvalue weighted by Crippen LogP contribution is 2.28. The van der Waals surface area contributed by atoms with E-state index in [-0.39, 0.29) is 4.90 Å². The molecule has 1 atom stereocenters. The Bertz CT molecular complexity index is 543. The van der Waals surface area contributed by atoms with Gasteiger partial charge < -0.3 is 5.32 Å². The van der Waals surface area contributed by atoms with Crippen molar-refractivity contribution in [2.45, 2.75) is 11.3 Å². The van der Waals surface area contributed by atoms with Crippen LogP contribution in [0, 0.1) is 5.92 Å². The third-order valence-corrected chi connectivity index (χ3v) is 5.49. The van der Waals surface area contributed by atoms with E-state index in [0.29, 0.717) is 29.1 Å². The predicted molar refractivity (Wildman–Crippen MR) is 77.3 cm³/mol. The molecule has 1 aliphatic rings. The lowest BCUT2D eigenvalue weighted by Gasteiger charge is -2.17. The third-order valence-electron chi connectivity index (χ3n) is 3.22. The Labute approximate surface area is 123 Å². The van der Waals surface area contributed by atoms with Crippen molar-refractivity contribution in [1.82, 2.24) is 9.62 Å². The molecule has 2 rings (SSSR count). The van der Waals surface area contributed by atoms with Crippen LogP contribution in [-0.4, -0.2) is 39.4 Å². The molecule has 106 valence electrons. The third kappa shape index (κ3) is 3.41. The molecule has 1 aromatic rings. The lowest BCUT2D eigenvalue weighted by molar-refractivity contribution is 0.451. The molecule has 1 aromatic carbocycles. The minimum atomic E-state index is -3.50. The van der Waals surface area contributed by atoms with Crippen LogP contribution in [0.1, 0.15) is 6.42 Å². The second kappa shape index (κ2) is 5.97. The number of sulfonamides is 1. The van der Waals surface area contributed by atoms with Gasteiger partial charge in [-0.1, -0.05) is 23.2 Å².